The molecule has 1 amide bonds. The van der Waals surface area contributed by atoms with Crippen LogP contribution in [-0.4, -0.2) is 35.1 Å². The number of aromatic nitrogens is 2. The Morgan fingerprint density at radius 2 is 2.29 bits per heavy atom. The van der Waals surface area contributed by atoms with Crippen LogP contribution in [0.4, 0.5) is 13.2 Å². The van der Waals surface area contributed by atoms with Gasteiger partial charge in [0.2, 0.25) is 5.91 Å². The van der Waals surface area contributed by atoms with E-state index < -0.39 is 25.3 Å². The highest BCUT2D eigenvalue weighted by molar-refractivity contribution is 5.77. The molecular formula is C9H12F3N3O2. The van der Waals surface area contributed by atoms with Crippen molar-refractivity contribution in [2.75, 3.05) is 13.2 Å². The minimum absolute atomic E-state index is 0.210. The smallest absolute Gasteiger partial charge is 0.362 e. The lowest BCUT2D eigenvalue weighted by Crippen LogP contribution is -2.29. The van der Waals surface area contributed by atoms with E-state index in [-0.39, 0.29) is 6.54 Å². The van der Waals surface area contributed by atoms with Crippen LogP contribution >= 0.6 is 0 Å². The minimum Gasteiger partial charge on any atom is -0.362 e. The molecule has 0 saturated carbocycles. The summed E-state index contributed by atoms with van der Waals surface area (Å²) in [5.41, 5.74) is 0.761. The summed E-state index contributed by atoms with van der Waals surface area (Å²) >= 11 is 0. The van der Waals surface area contributed by atoms with E-state index in [1.807, 2.05) is 0 Å². The minimum atomic E-state index is -4.41. The molecule has 1 aromatic heterocycles. The predicted molar refractivity (Wildman–Crippen MR) is 51.9 cm³/mol. The van der Waals surface area contributed by atoms with Gasteiger partial charge in [0.25, 0.3) is 0 Å². The first kappa shape index (κ1) is 13.5. The van der Waals surface area contributed by atoms with Gasteiger partial charge in [-0.25, -0.2) is 0 Å². The van der Waals surface area contributed by atoms with Gasteiger partial charge < -0.3 is 10.1 Å². The van der Waals surface area contributed by atoms with Crippen molar-refractivity contribution in [2.45, 2.75) is 12.7 Å². The maximum absolute atomic E-state index is 11.7. The van der Waals surface area contributed by atoms with Crippen LogP contribution in [-0.2, 0) is 23.1 Å². The van der Waals surface area contributed by atoms with Gasteiger partial charge in [-0.1, -0.05) is 0 Å². The molecule has 0 bridgehead atoms. The zero-order valence-electron chi connectivity index (χ0n) is 9.12. The molecule has 0 unspecified atom stereocenters. The summed E-state index contributed by atoms with van der Waals surface area (Å²) in [7, 11) is 1.72. The number of nitrogens with zero attached hydrogens (tertiary/aromatic N) is 2. The van der Waals surface area contributed by atoms with Gasteiger partial charge in [-0.2, -0.15) is 18.3 Å². The van der Waals surface area contributed by atoms with E-state index in [4.69, 9.17) is 0 Å². The standard InChI is InChI=1S/C9H12F3N3O2/c1-15-4-7(3-14-15)2-13-8(16)5-17-6-9(10,11)12/h3-4H,2,5-6H2,1H3,(H,13,16). The fourth-order valence-corrected chi connectivity index (χ4v) is 1.07. The molecule has 1 aromatic rings. The van der Waals surface area contributed by atoms with Gasteiger partial charge >= 0.3 is 6.18 Å². The van der Waals surface area contributed by atoms with Gasteiger partial charge in [0.15, 0.2) is 0 Å². The van der Waals surface area contributed by atoms with Crippen molar-refractivity contribution in [3.63, 3.8) is 0 Å². The molecule has 0 aliphatic rings. The number of ether oxygens (including phenoxy) is 1. The van der Waals surface area contributed by atoms with Crippen molar-refractivity contribution in [2.24, 2.45) is 7.05 Å². The monoisotopic (exact) mass is 251 g/mol. The van der Waals surface area contributed by atoms with Gasteiger partial charge in [-0.05, 0) is 0 Å². The summed E-state index contributed by atoms with van der Waals surface area (Å²) in [4.78, 5) is 11.1. The summed E-state index contributed by atoms with van der Waals surface area (Å²) in [5, 5.41) is 6.29. The molecule has 8 heteroatoms. The lowest BCUT2D eigenvalue weighted by atomic mass is 10.3. The summed E-state index contributed by atoms with van der Waals surface area (Å²) in [6.07, 6.45) is -1.17. The highest BCUT2D eigenvalue weighted by Gasteiger charge is 2.27. The molecule has 0 radical (unpaired) electrons. The Morgan fingerprint density at radius 3 is 2.82 bits per heavy atom. The second kappa shape index (κ2) is 5.67. The third kappa shape index (κ3) is 5.91. The number of aryl methyl sites for hydroxylation is 1. The van der Waals surface area contributed by atoms with Gasteiger partial charge in [-0.15, -0.1) is 0 Å². The molecule has 5 nitrogen and oxygen atoms in total. The molecule has 0 aliphatic heterocycles. The molecule has 17 heavy (non-hydrogen) atoms. The average molecular weight is 251 g/mol. The maximum atomic E-state index is 11.7. The molecule has 0 fully saturated rings. The van der Waals surface area contributed by atoms with Gasteiger partial charge in [-0.3, -0.25) is 9.48 Å². The molecule has 1 heterocycles. The Morgan fingerprint density at radius 1 is 1.59 bits per heavy atom. The number of halogens is 3. The van der Waals surface area contributed by atoms with Crippen LogP contribution in [0.1, 0.15) is 5.56 Å². The Labute approximate surface area is 95.5 Å². The first-order valence-electron chi connectivity index (χ1n) is 4.75. The van der Waals surface area contributed by atoms with Gasteiger partial charge in [0.05, 0.1) is 6.20 Å². The molecule has 96 valence electrons. The van der Waals surface area contributed by atoms with E-state index >= 15 is 0 Å². The Bertz CT molecular complexity index is 376. The lowest BCUT2D eigenvalue weighted by Gasteiger charge is -2.07. The second-order valence-corrected chi connectivity index (χ2v) is 3.41. The van der Waals surface area contributed by atoms with Gasteiger partial charge in [0.1, 0.15) is 13.2 Å². The van der Waals surface area contributed by atoms with Crippen LogP contribution < -0.4 is 5.32 Å². The van der Waals surface area contributed by atoms with Crippen molar-refractivity contribution < 1.29 is 22.7 Å². The molecule has 0 aliphatic carbocycles. The van der Waals surface area contributed by atoms with Crippen molar-refractivity contribution in [1.82, 2.24) is 15.1 Å². The Kier molecular flexibility index (Phi) is 4.50. The van der Waals surface area contributed by atoms with E-state index in [0.717, 1.165) is 5.56 Å². The van der Waals surface area contributed by atoms with Crippen molar-refractivity contribution in [1.29, 1.82) is 0 Å². The Hall–Kier alpha value is -1.57. The molecule has 0 saturated heterocycles. The summed E-state index contributed by atoms with van der Waals surface area (Å²) in [6.45, 7) is -1.82. The van der Waals surface area contributed by atoms with Crippen molar-refractivity contribution in [3.05, 3.63) is 18.0 Å². The van der Waals surface area contributed by atoms with Crippen LogP contribution in [0.25, 0.3) is 0 Å². The summed E-state index contributed by atoms with van der Waals surface area (Å²) < 4.78 is 40.8. The topological polar surface area (TPSA) is 56.2 Å². The molecule has 1 N–H and O–H groups in total. The van der Waals surface area contributed by atoms with Crippen molar-refractivity contribution in [3.8, 4) is 0 Å². The highest BCUT2D eigenvalue weighted by atomic mass is 19.4. The number of nitrogens with one attached hydrogen (secondary N) is 1. The first-order valence-corrected chi connectivity index (χ1v) is 4.75. The number of alkyl halides is 3. The summed E-state index contributed by atoms with van der Waals surface area (Å²) in [5.74, 6) is -0.599. The third-order valence-corrected chi connectivity index (χ3v) is 1.75. The highest BCUT2D eigenvalue weighted by Crippen LogP contribution is 2.13. The van der Waals surface area contributed by atoms with Crippen LogP contribution in [0.2, 0.25) is 0 Å². The second-order valence-electron chi connectivity index (χ2n) is 3.41. The largest absolute Gasteiger partial charge is 0.411 e. The molecule has 0 atom stereocenters. The zero-order chi connectivity index (χ0) is 12.9. The average Bonchev–Trinajstić information content (AvgIpc) is 2.59. The van der Waals surface area contributed by atoms with Crippen LogP contribution in [0.5, 0.6) is 0 Å². The summed E-state index contributed by atoms with van der Waals surface area (Å²) in [6, 6.07) is 0. The molecule has 0 aromatic carbocycles. The fraction of sp³-hybridized carbons (Fsp3) is 0.556. The lowest BCUT2D eigenvalue weighted by molar-refractivity contribution is -0.175. The Balaban J connectivity index is 2.18. The fourth-order valence-electron chi connectivity index (χ4n) is 1.07. The number of amides is 1. The molecule has 0 spiro atoms. The van der Waals surface area contributed by atoms with Crippen LogP contribution in [0.15, 0.2) is 12.4 Å². The van der Waals surface area contributed by atoms with Crippen LogP contribution in [0.3, 0.4) is 0 Å². The SMILES string of the molecule is Cn1cc(CNC(=O)COCC(F)(F)F)cn1. The number of hydrogen-bond donors (Lipinski definition) is 1. The molecule has 1 rings (SSSR count). The third-order valence-electron chi connectivity index (χ3n) is 1.75. The van der Waals surface area contributed by atoms with E-state index in [2.05, 4.69) is 15.2 Å². The van der Waals surface area contributed by atoms with Crippen LogP contribution in [0, 0.1) is 0 Å². The molecular weight excluding hydrogens is 239 g/mol. The normalized spacial score (nSPS) is 11.5. The van der Waals surface area contributed by atoms with Crippen molar-refractivity contribution >= 4 is 5.91 Å². The maximum Gasteiger partial charge on any atom is 0.411 e. The number of carbonyl (C=O) groups excluding carboxylic acids is 1. The zero-order valence-corrected chi connectivity index (χ0v) is 9.12. The number of rotatable bonds is 5. The van der Waals surface area contributed by atoms with Gasteiger partial charge in [0, 0.05) is 25.4 Å². The predicted octanol–water partition coefficient (Wildman–Crippen LogP) is 0.615. The number of hydrogen-bond acceptors (Lipinski definition) is 3. The number of carbonyl (C=O) groups is 1. The van der Waals surface area contributed by atoms with E-state index in [9.17, 15) is 18.0 Å². The van der Waals surface area contributed by atoms with E-state index in [1.165, 1.54) is 0 Å². The quantitative estimate of drug-likeness (QED) is 0.834. The first-order chi connectivity index (χ1) is 7.87. The van der Waals surface area contributed by atoms with E-state index in [1.54, 1.807) is 24.1 Å². The van der Waals surface area contributed by atoms with E-state index in [0.29, 0.717) is 0 Å².